The molecule has 0 aromatic carbocycles. The highest BCUT2D eigenvalue weighted by atomic mass is 35.5. The third kappa shape index (κ3) is 4.14. The molecule has 1 amide bonds. The van der Waals surface area contributed by atoms with E-state index in [1.54, 1.807) is 13.8 Å². The molecule has 2 rings (SSSR count). The molecule has 0 spiro atoms. The molecule has 0 aliphatic heterocycles. The van der Waals surface area contributed by atoms with Gasteiger partial charge in [0.1, 0.15) is 0 Å². The number of hydrogen-bond donors (Lipinski definition) is 2. The minimum absolute atomic E-state index is 0. The molecular weight excluding hydrogens is 302 g/mol. The number of alkyl halides is 2. The molecule has 1 aliphatic carbocycles. The van der Waals surface area contributed by atoms with Crippen LogP contribution in [0.15, 0.2) is 0 Å². The Morgan fingerprint density at radius 2 is 2.10 bits per heavy atom. The van der Waals surface area contributed by atoms with Crippen molar-refractivity contribution in [2.45, 2.75) is 45.7 Å². The normalized spacial score (nSPS) is 15.7. The van der Waals surface area contributed by atoms with E-state index in [4.69, 9.17) is 5.73 Å². The maximum atomic E-state index is 12.7. The van der Waals surface area contributed by atoms with Crippen molar-refractivity contribution in [2.75, 3.05) is 6.54 Å². The zero-order valence-electron chi connectivity index (χ0n) is 12.1. The topological polar surface area (TPSA) is 72.9 Å². The van der Waals surface area contributed by atoms with Crippen LogP contribution in [0.2, 0.25) is 0 Å². The lowest BCUT2D eigenvalue weighted by atomic mass is 10.1. The Bertz CT molecular complexity index is 503. The first kappa shape index (κ1) is 17.8. The monoisotopic (exact) mass is 322 g/mol. The second-order valence-electron chi connectivity index (χ2n) is 5.30. The van der Waals surface area contributed by atoms with E-state index in [9.17, 15) is 13.6 Å². The SMILES string of the molecule is Cc1nn(C(F)F)c(C)c1CC(=O)NC(CN)C1CC1.Cl. The van der Waals surface area contributed by atoms with Crippen LogP contribution in [0.4, 0.5) is 8.78 Å². The van der Waals surface area contributed by atoms with Crippen LogP contribution >= 0.6 is 12.4 Å². The van der Waals surface area contributed by atoms with Crippen LogP contribution in [0, 0.1) is 19.8 Å². The number of nitrogens with one attached hydrogen (secondary N) is 1. The van der Waals surface area contributed by atoms with Crippen molar-refractivity contribution in [3.05, 3.63) is 17.0 Å². The summed E-state index contributed by atoms with van der Waals surface area (Å²) in [6.45, 7) is 0.907. The summed E-state index contributed by atoms with van der Waals surface area (Å²) in [5.74, 6) is 0.280. The molecule has 1 fully saturated rings. The van der Waals surface area contributed by atoms with Gasteiger partial charge in [-0.1, -0.05) is 0 Å². The van der Waals surface area contributed by atoms with Crippen LogP contribution in [0.3, 0.4) is 0 Å². The molecule has 21 heavy (non-hydrogen) atoms. The van der Waals surface area contributed by atoms with Crippen molar-refractivity contribution in [2.24, 2.45) is 11.7 Å². The number of carbonyl (C=O) groups excluding carboxylic acids is 1. The van der Waals surface area contributed by atoms with Crippen molar-refractivity contribution < 1.29 is 13.6 Å². The first-order valence-electron chi connectivity index (χ1n) is 6.76. The zero-order valence-corrected chi connectivity index (χ0v) is 12.9. The average Bonchev–Trinajstić information content (AvgIpc) is 3.18. The van der Waals surface area contributed by atoms with E-state index in [1.807, 2.05) is 0 Å². The number of hydrogen-bond acceptors (Lipinski definition) is 3. The Labute approximate surface area is 128 Å². The van der Waals surface area contributed by atoms with Crippen molar-refractivity contribution >= 4 is 18.3 Å². The minimum atomic E-state index is -2.69. The Kier molecular flexibility index (Phi) is 6.10. The van der Waals surface area contributed by atoms with Crippen LogP contribution in [-0.4, -0.2) is 28.3 Å². The summed E-state index contributed by atoms with van der Waals surface area (Å²) in [6, 6.07) is -0.00624. The second-order valence-corrected chi connectivity index (χ2v) is 5.30. The molecule has 1 saturated carbocycles. The van der Waals surface area contributed by atoms with Gasteiger partial charge in [0, 0.05) is 23.8 Å². The van der Waals surface area contributed by atoms with Gasteiger partial charge in [0.05, 0.1) is 12.1 Å². The van der Waals surface area contributed by atoms with Crippen LogP contribution in [0.25, 0.3) is 0 Å². The first-order valence-corrected chi connectivity index (χ1v) is 6.76. The molecule has 1 heterocycles. The molecule has 5 nitrogen and oxygen atoms in total. The predicted molar refractivity (Wildman–Crippen MR) is 77.6 cm³/mol. The summed E-state index contributed by atoms with van der Waals surface area (Å²) in [7, 11) is 0. The van der Waals surface area contributed by atoms with Crippen molar-refractivity contribution in [3.63, 3.8) is 0 Å². The first-order chi connectivity index (χ1) is 9.43. The zero-order chi connectivity index (χ0) is 14.9. The summed E-state index contributed by atoms with van der Waals surface area (Å²) in [5.41, 5.74) is 7.00. The number of aryl methyl sites for hydroxylation is 1. The van der Waals surface area contributed by atoms with Gasteiger partial charge in [-0.25, -0.2) is 4.68 Å². The summed E-state index contributed by atoms with van der Waals surface area (Å²) < 4.78 is 26.1. The molecule has 8 heteroatoms. The highest BCUT2D eigenvalue weighted by molar-refractivity contribution is 5.85. The number of halogens is 3. The predicted octanol–water partition coefficient (Wildman–Crippen LogP) is 1.71. The summed E-state index contributed by atoms with van der Waals surface area (Å²) in [5, 5.41) is 6.65. The number of nitrogens with zero attached hydrogens (tertiary/aromatic N) is 2. The fourth-order valence-corrected chi connectivity index (χ4v) is 2.43. The van der Waals surface area contributed by atoms with Gasteiger partial charge in [-0.05, 0) is 32.6 Å². The van der Waals surface area contributed by atoms with Crippen LogP contribution in [0.5, 0.6) is 0 Å². The van der Waals surface area contributed by atoms with E-state index in [2.05, 4.69) is 10.4 Å². The fraction of sp³-hybridized carbons (Fsp3) is 0.692. The van der Waals surface area contributed by atoms with Gasteiger partial charge in [-0.15, -0.1) is 12.4 Å². The van der Waals surface area contributed by atoms with Crippen LogP contribution in [0.1, 0.15) is 36.3 Å². The van der Waals surface area contributed by atoms with E-state index in [1.165, 1.54) is 0 Å². The Balaban J connectivity index is 0.00000220. The number of aromatic nitrogens is 2. The molecule has 120 valence electrons. The Morgan fingerprint density at radius 1 is 1.48 bits per heavy atom. The molecule has 0 saturated heterocycles. The molecule has 1 unspecified atom stereocenters. The molecule has 3 N–H and O–H groups in total. The lowest BCUT2D eigenvalue weighted by molar-refractivity contribution is -0.121. The molecule has 1 aliphatic rings. The maximum absolute atomic E-state index is 12.7. The van der Waals surface area contributed by atoms with Gasteiger partial charge >= 0.3 is 6.55 Å². The van der Waals surface area contributed by atoms with E-state index in [0.717, 1.165) is 12.8 Å². The van der Waals surface area contributed by atoms with Crippen LogP contribution in [-0.2, 0) is 11.2 Å². The van der Waals surface area contributed by atoms with E-state index in [0.29, 0.717) is 34.1 Å². The van der Waals surface area contributed by atoms with E-state index in [-0.39, 0.29) is 30.8 Å². The molecule has 1 aromatic heterocycles. The van der Waals surface area contributed by atoms with Crippen molar-refractivity contribution in [1.82, 2.24) is 15.1 Å². The summed E-state index contributed by atoms with van der Waals surface area (Å²) in [6.07, 6.45) is 2.24. The van der Waals surface area contributed by atoms with Gasteiger partial charge in [0.15, 0.2) is 0 Å². The van der Waals surface area contributed by atoms with Gasteiger partial charge in [0.25, 0.3) is 0 Å². The summed E-state index contributed by atoms with van der Waals surface area (Å²) >= 11 is 0. The maximum Gasteiger partial charge on any atom is 0.333 e. The lowest BCUT2D eigenvalue weighted by Gasteiger charge is -2.16. The summed E-state index contributed by atoms with van der Waals surface area (Å²) in [4.78, 5) is 12.0. The third-order valence-electron chi connectivity index (χ3n) is 3.79. The Hall–Kier alpha value is -1.21. The van der Waals surface area contributed by atoms with Crippen molar-refractivity contribution in [3.8, 4) is 0 Å². The molecular formula is C13H21ClF2N4O. The minimum Gasteiger partial charge on any atom is -0.352 e. The number of rotatable bonds is 6. The standard InChI is InChI=1S/C13H20F2N4O.ClH/c1-7-10(8(2)19(18-7)13(14)15)5-12(20)17-11(6-16)9-3-4-9;/h9,11,13H,3-6,16H2,1-2H3,(H,17,20);1H. The van der Waals surface area contributed by atoms with Gasteiger partial charge in [0.2, 0.25) is 5.91 Å². The van der Waals surface area contributed by atoms with Gasteiger partial charge < -0.3 is 11.1 Å². The fourth-order valence-electron chi connectivity index (χ4n) is 2.43. The Morgan fingerprint density at radius 3 is 2.52 bits per heavy atom. The number of amides is 1. The quantitative estimate of drug-likeness (QED) is 0.837. The van der Waals surface area contributed by atoms with E-state index >= 15 is 0 Å². The average molecular weight is 323 g/mol. The largest absolute Gasteiger partial charge is 0.352 e. The highest BCUT2D eigenvalue weighted by Crippen LogP contribution is 2.32. The van der Waals surface area contributed by atoms with Gasteiger partial charge in [-0.3, -0.25) is 4.79 Å². The lowest BCUT2D eigenvalue weighted by Crippen LogP contribution is -2.42. The molecule has 0 radical (unpaired) electrons. The number of nitrogens with two attached hydrogens (primary N) is 1. The smallest absolute Gasteiger partial charge is 0.333 e. The molecule has 1 aromatic rings. The molecule has 1 atom stereocenters. The van der Waals surface area contributed by atoms with Gasteiger partial charge in [-0.2, -0.15) is 13.9 Å². The van der Waals surface area contributed by atoms with E-state index < -0.39 is 6.55 Å². The van der Waals surface area contributed by atoms with Crippen molar-refractivity contribution in [1.29, 1.82) is 0 Å². The second kappa shape index (κ2) is 7.17. The third-order valence-corrected chi connectivity index (χ3v) is 3.79. The highest BCUT2D eigenvalue weighted by Gasteiger charge is 2.31. The molecule has 0 bridgehead atoms. The van der Waals surface area contributed by atoms with Crippen LogP contribution < -0.4 is 11.1 Å². The number of carbonyl (C=O) groups is 1.